The number of methoxy groups -OCH3 is 2. The largest absolute Gasteiger partial charge is 0.383 e. The Labute approximate surface area is 153 Å². The summed E-state index contributed by atoms with van der Waals surface area (Å²) in [5, 5.41) is 1.76. The van der Waals surface area contributed by atoms with Gasteiger partial charge in [-0.15, -0.1) is 11.3 Å². The van der Waals surface area contributed by atoms with Gasteiger partial charge in [0.25, 0.3) is 10.0 Å². The SMILES string of the molecule is COCCN(CCOC)C(=O)C1CCN(S(=O)(=O)c2cccs2)CC1. The van der Waals surface area contributed by atoms with Gasteiger partial charge in [-0.2, -0.15) is 4.31 Å². The van der Waals surface area contributed by atoms with Crippen LogP contribution >= 0.6 is 11.3 Å². The summed E-state index contributed by atoms with van der Waals surface area (Å²) in [4.78, 5) is 14.5. The molecule has 2 rings (SSSR count). The van der Waals surface area contributed by atoms with Crippen LogP contribution in [0.25, 0.3) is 0 Å². The van der Waals surface area contributed by atoms with Crippen molar-refractivity contribution in [3.8, 4) is 0 Å². The Balaban J connectivity index is 1.94. The van der Waals surface area contributed by atoms with Crippen molar-refractivity contribution in [2.75, 3.05) is 53.6 Å². The number of hydrogen-bond acceptors (Lipinski definition) is 6. The Bertz CT molecular complexity index is 617. The monoisotopic (exact) mass is 390 g/mol. The number of hydrogen-bond donors (Lipinski definition) is 0. The van der Waals surface area contributed by atoms with Crippen molar-refractivity contribution in [1.82, 2.24) is 9.21 Å². The van der Waals surface area contributed by atoms with Crippen molar-refractivity contribution in [2.45, 2.75) is 17.1 Å². The van der Waals surface area contributed by atoms with Gasteiger partial charge in [0.2, 0.25) is 5.91 Å². The molecular weight excluding hydrogens is 364 g/mol. The summed E-state index contributed by atoms with van der Waals surface area (Å²) in [5.41, 5.74) is 0. The number of ether oxygens (including phenoxy) is 2. The van der Waals surface area contributed by atoms with Gasteiger partial charge in [0.05, 0.1) is 13.2 Å². The topological polar surface area (TPSA) is 76.2 Å². The van der Waals surface area contributed by atoms with Crippen LogP contribution in [-0.4, -0.2) is 77.1 Å². The lowest BCUT2D eigenvalue weighted by molar-refractivity contribution is -0.138. The Morgan fingerprint density at radius 3 is 2.32 bits per heavy atom. The van der Waals surface area contributed by atoms with E-state index in [9.17, 15) is 13.2 Å². The predicted molar refractivity (Wildman–Crippen MR) is 96.1 cm³/mol. The molecule has 0 bridgehead atoms. The van der Waals surface area contributed by atoms with Crippen LogP contribution in [0.5, 0.6) is 0 Å². The molecule has 1 fully saturated rings. The van der Waals surface area contributed by atoms with Crippen LogP contribution in [0.15, 0.2) is 21.7 Å². The average molecular weight is 391 g/mol. The lowest BCUT2D eigenvalue weighted by Gasteiger charge is -2.33. The second-order valence-corrected chi connectivity index (χ2v) is 9.03. The highest BCUT2D eigenvalue weighted by atomic mass is 32.2. The Morgan fingerprint density at radius 2 is 1.84 bits per heavy atom. The van der Waals surface area contributed by atoms with Gasteiger partial charge in [-0.25, -0.2) is 8.42 Å². The summed E-state index contributed by atoms with van der Waals surface area (Å²) < 4.78 is 37.1. The van der Waals surface area contributed by atoms with Crippen molar-refractivity contribution < 1.29 is 22.7 Å². The van der Waals surface area contributed by atoms with Gasteiger partial charge >= 0.3 is 0 Å². The molecule has 142 valence electrons. The van der Waals surface area contributed by atoms with Crippen molar-refractivity contribution >= 4 is 27.3 Å². The van der Waals surface area contributed by atoms with Gasteiger partial charge in [-0.3, -0.25) is 4.79 Å². The average Bonchev–Trinajstić information content (AvgIpc) is 3.17. The minimum Gasteiger partial charge on any atom is -0.383 e. The first-order valence-electron chi connectivity index (χ1n) is 8.31. The Morgan fingerprint density at radius 1 is 1.24 bits per heavy atom. The summed E-state index contributed by atoms with van der Waals surface area (Å²) in [6.45, 7) is 2.74. The number of rotatable bonds is 9. The lowest BCUT2D eigenvalue weighted by Crippen LogP contribution is -2.45. The quantitative estimate of drug-likeness (QED) is 0.635. The fourth-order valence-electron chi connectivity index (χ4n) is 2.87. The lowest BCUT2D eigenvalue weighted by atomic mass is 9.96. The summed E-state index contributed by atoms with van der Waals surface area (Å²) in [5.74, 6) is -0.0919. The van der Waals surface area contributed by atoms with Crippen LogP contribution in [0.2, 0.25) is 0 Å². The first kappa shape index (κ1) is 20.3. The zero-order chi connectivity index (χ0) is 18.3. The summed E-state index contributed by atoms with van der Waals surface area (Å²) >= 11 is 1.22. The number of thiophene rings is 1. The van der Waals surface area contributed by atoms with Gasteiger partial charge in [0.15, 0.2) is 0 Å². The molecule has 2 heterocycles. The Kier molecular flexibility index (Phi) is 7.82. The third-order valence-corrected chi connectivity index (χ3v) is 7.61. The molecule has 0 aromatic carbocycles. The zero-order valence-corrected chi connectivity index (χ0v) is 16.4. The van der Waals surface area contributed by atoms with E-state index in [0.29, 0.717) is 56.4 Å². The number of nitrogens with zero attached hydrogens (tertiary/aromatic N) is 2. The van der Waals surface area contributed by atoms with Gasteiger partial charge in [-0.05, 0) is 24.3 Å². The van der Waals surface area contributed by atoms with E-state index in [2.05, 4.69) is 0 Å². The van der Waals surface area contributed by atoms with E-state index in [1.165, 1.54) is 15.6 Å². The van der Waals surface area contributed by atoms with Crippen LogP contribution in [0.3, 0.4) is 0 Å². The minimum atomic E-state index is -3.43. The number of piperidine rings is 1. The van der Waals surface area contributed by atoms with Crippen molar-refractivity contribution in [2.24, 2.45) is 5.92 Å². The molecule has 1 aliphatic rings. The number of sulfonamides is 1. The Hall–Kier alpha value is -1.00. The molecule has 1 aliphatic heterocycles. The smallest absolute Gasteiger partial charge is 0.252 e. The number of amides is 1. The van der Waals surface area contributed by atoms with Crippen LogP contribution < -0.4 is 0 Å². The van der Waals surface area contributed by atoms with E-state index < -0.39 is 10.0 Å². The normalized spacial score (nSPS) is 16.9. The third kappa shape index (κ3) is 5.24. The molecule has 0 atom stereocenters. The molecule has 0 saturated carbocycles. The summed E-state index contributed by atoms with van der Waals surface area (Å²) in [6.07, 6.45) is 1.08. The molecule has 0 spiro atoms. The number of carbonyl (C=O) groups is 1. The van der Waals surface area contributed by atoms with Crippen molar-refractivity contribution in [3.63, 3.8) is 0 Å². The molecule has 1 amide bonds. The van der Waals surface area contributed by atoms with Gasteiger partial charge in [0, 0.05) is 46.3 Å². The highest BCUT2D eigenvalue weighted by molar-refractivity contribution is 7.91. The maximum absolute atomic E-state index is 12.7. The van der Waals surface area contributed by atoms with Crippen LogP contribution in [0.4, 0.5) is 0 Å². The van der Waals surface area contributed by atoms with Crippen LogP contribution in [-0.2, 0) is 24.3 Å². The second-order valence-electron chi connectivity index (χ2n) is 5.92. The van der Waals surface area contributed by atoms with E-state index in [0.717, 1.165) is 0 Å². The molecular formula is C16H26N2O5S2. The molecule has 7 nitrogen and oxygen atoms in total. The van der Waals surface area contributed by atoms with E-state index in [-0.39, 0.29) is 11.8 Å². The second kappa shape index (κ2) is 9.63. The molecule has 1 aromatic rings. The molecule has 0 unspecified atom stereocenters. The zero-order valence-electron chi connectivity index (χ0n) is 14.7. The van der Waals surface area contributed by atoms with Gasteiger partial charge < -0.3 is 14.4 Å². The van der Waals surface area contributed by atoms with E-state index in [1.54, 1.807) is 36.6 Å². The first-order chi connectivity index (χ1) is 12.0. The molecule has 0 radical (unpaired) electrons. The van der Waals surface area contributed by atoms with Gasteiger partial charge in [-0.1, -0.05) is 6.07 Å². The first-order valence-corrected chi connectivity index (χ1v) is 10.6. The molecule has 25 heavy (non-hydrogen) atoms. The maximum atomic E-state index is 12.7. The highest BCUT2D eigenvalue weighted by Gasteiger charge is 2.34. The highest BCUT2D eigenvalue weighted by Crippen LogP contribution is 2.27. The molecule has 1 saturated heterocycles. The molecule has 0 aliphatic carbocycles. The van der Waals surface area contributed by atoms with Crippen LogP contribution in [0, 0.1) is 5.92 Å². The van der Waals surface area contributed by atoms with E-state index in [4.69, 9.17) is 9.47 Å². The fourth-order valence-corrected chi connectivity index (χ4v) is 5.49. The summed E-state index contributed by atoms with van der Waals surface area (Å²) in [7, 11) is -0.221. The number of carbonyl (C=O) groups excluding carboxylic acids is 1. The molecule has 1 aromatic heterocycles. The van der Waals surface area contributed by atoms with Crippen molar-refractivity contribution in [1.29, 1.82) is 0 Å². The fraction of sp³-hybridized carbons (Fsp3) is 0.688. The minimum absolute atomic E-state index is 0.0577. The van der Waals surface area contributed by atoms with E-state index in [1.807, 2.05) is 0 Å². The predicted octanol–water partition coefficient (Wildman–Crippen LogP) is 1.27. The van der Waals surface area contributed by atoms with E-state index >= 15 is 0 Å². The third-order valence-electron chi connectivity index (χ3n) is 4.33. The summed E-state index contributed by atoms with van der Waals surface area (Å²) in [6, 6.07) is 3.35. The molecule has 9 heteroatoms. The van der Waals surface area contributed by atoms with Crippen LogP contribution in [0.1, 0.15) is 12.8 Å². The standard InChI is InChI=1S/C16H26N2O5S2/c1-22-11-9-17(10-12-23-2)16(19)14-5-7-18(8-6-14)25(20,21)15-4-3-13-24-15/h3-4,13-14H,5-12H2,1-2H3. The van der Waals surface area contributed by atoms with Crippen molar-refractivity contribution in [3.05, 3.63) is 17.5 Å². The van der Waals surface area contributed by atoms with Gasteiger partial charge in [0.1, 0.15) is 4.21 Å². The molecule has 0 N–H and O–H groups in total. The maximum Gasteiger partial charge on any atom is 0.252 e.